The Morgan fingerprint density at radius 1 is 0.525 bits per heavy atom. The third-order valence-electron chi connectivity index (χ3n) is 7.44. The van der Waals surface area contributed by atoms with Gasteiger partial charge in [-0.2, -0.15) is 0 Å². The summed E-state index contributed by atoms with van der Waals surface area (Å²) in [4.78, 5) is 28.0. The highest BCUT2D eigenvalue weighted by molar-refractivity contribution is 6.07. The molecule has 8 heteroatoms. The molecule has 4 aromatic carbocycles. The molecule has 1 aliphatic carbocycles. The summed E-state index contributed by atoms with van der Waals surface area (Å²) in [6.45, 7) is 0. The highest BCUT2D eigenvalue weighted by atomic mass is 19.1. The first-order valence-electron chi connectivity index (χ1n) is 12.5. The van der Waals surface area contributed by atoms with Gasteiger partial charge in [0.05, 0.1) is 14.2 Å². The van der Waals surface area contributed by atoms with E-state index in [1.165, 1.54) is 38.5 Å². The van der Waals surface area contributed by atoms with Crippen molar-refractivity contribution >= 4 is 11.6 Å². The lowest BCUT2D eigenvalue weighted by molar-refractivity contribution is 0.0454. The Morgan fingerprint density at radius 3 is 1.10 bits per heavy atom. The van der Waals surface area contributed by atoms with Crippen LogP contribution >= 0.6 is 0 Å². The van der Waals surface area contributed by atoms with E-state index in [2.05, 4.69) is 0 Å². The number of Topliss-reactive ketones (excluding diaryl/α,β-unsaturated/α-hetero) is 2. The number of methoxy groups -OCH3 is 2. The van der Waals surface area contributed by atoms with E-state index in [9.17, 15) is 27.2 Å². The maximum absolute atomic E-state index is 14.4. The summed E-state index contributed by atoms with van der Waals surface area (Å²) < 4.78 is 67.9. The van der Waals surface area contributed by atoms with Gasteiger partial charge in [-0.15, -0.1) is 0 Å². The molecule has 1 saturated carbocycles. The lowest BCUT2D eigenvalue weighted by atomic mass is 9.49. The van der Waals surface area contributed by atoms with Crippen molar-refractivity contribution in [1.29, 1.82) is 0 Å². The van der Waals surface area contributed by atoms with Crippen molar-refractivity contribution in [2.75, 3.05) is 14.2 Å². The second-order valence-corrected chi connectivity index (χ2v) is 9.69. The minimum atomic E-state index is -1.08. The normalized spacial score (nSPS) is 19.9. The van der Waals surface area contributed by atoms with Crippen molar-refractivity contribution < 1.29 is 36.6 Å². The third-order valence-corrected chi connectivity index (χ3v) is 7.44. The van der Waals surface area contributed by atoms with E-state index in [4.69, 9.17) is 9.47 Å². The predicted molar refractivity (Wildman–Crippen MR) is 140 cm³/mol. The zero-order valence-electron chi connectivity index (χ0n) is 21.5. The quantitative estimate of drug-likeness (QED) is 0.174. The fourth-order valence-electron chi connectivity index (χ4n) is 5.66. The van der Waals surface area contributed by atoms with Gasteiger partial charge < -0.3 is 9.47 Å². The zero-order chi connectivity index (χ0) is 28.6. The van der Waals surface area contributed by atoms with Gasteiger partial charge in [-0.3, -0.25) is 9.59 Å². The van der Waals surface area contributed by atoms with E-state index in [1.807, 2.05) is 0 Å². The molecule has 4 nitrogen and oxygen atoms in total. The summed E-state index contributed by atoms with van der Waals surface area (Å²) in [5, 5.41) is 0. The van der Waals surface area contributed by atoms with Crippen LogP contribution in [0.2, 0.25) is 0 Å². The number of hydrogen-bond acceptors (Lipinski definition) is 4. The Labute approximate surface area is 228 Å². The SMILES string of the molecule is COc1ccc(C(=O)[C@@H]2[C@H](C(=O)c3ccc(OC)cc3)[C@@H](c3cc(F)cc(F)c3)[C@H]2c2cc(F)cc(F)c2)cc1. The molecule has 4 aromatic rings. The van der Waals surface area contributed by atoms with Crippen molar-refractivity contribution in [3.05, 3.63) is 130 Å². The molecule has 5 rings (SSSR count). The number of halogens is 4. The third kappa shape index (κ3) is 5.09. The standard InChI is InChI=1S/C32H24F4O4/c1-39-25-7-3-17(4-8-25)31(37)29-27(19-11-21(33)15-22(34)12-19)28(20-13-23(35)16-24(36)14-20)30(29)32(38)18-5-9-26(40-2)10-6-18/h3-16,27-30H,1-2H3/t27-,28+,29+,30-. The topological polar surface area (TPSA) is 52.6 Å². The van der Waals surface area contributed by atoms with Crippen LogP contribution in [0.15, 0.2) is 84.9 Å². The number of carbonyl (C=O) groups excluding carboxylic acids is 2. The molecule has 0 radical (unpaired) electrons. The van der Waals surface area contributed by atoms with Crippen molar-refractivity contribution in [2.45, 2.75) is 11.8 Å². The van der Waals surface area contributed by atoms with Crippen molar-refractivity contribution in [2.24, 2.45) is 11.8 Å². The molecule has 1 fully saturated rings. The molecule has 0 amide bonds. The summed E-state index contributed by atoms with van der Waals surface area (Å²) in [5.41, 5.74) is 0.726. The van der Waals surface area contributed by atoms with E-state index in [0.29, 0.717) is 23.6 Å². The minimum Gasteiger partial charge on any atom is -0.497 e. The van der Waals surface area contributed by atoms with Crippen LogP contribution < -0.4 is 9.47 Å². The van der Waals surface area contributed by atoms with Gasteiger partial charge in [-0.05, 0) is 83.9 Å². The fraction of sp³-hybridized carbons (Fsp3) is 0.188. The van der Waals surface area contributed by atoms with Gasteiger partial charge in [0.25, 0.3) is 0 Å². The minimum absolute atomic E-state index is 0.109. The highest BCUT2D eigenvalue weighted by Gasteiger charge is 2.58. The molecule has 0 aliphatic heterocycles. The van der Waals surface area contributed by atoms with Crippen LogP contribution in [-0.4, -0.2) is 25.8 Å². The molecular formula is C32H24F4O4. The van der Waals surface area contributed by atoms with Gasteiger partial charge in [0.2, 0.25) is 0 Å². The van der Waals surface area contributed by atoms with E-state index < -0.39 is 58.5 Å². The van der Waals surface area contributed by atoms with Gasteiger partial charge >= 0.3 is 0 Å². The van der Waals surface area contributed by atoms with E-state index in [-0.39, 0.29) is 22.3 Å². The Kier molecular flexibility index (Phi) is 7.43. The monoisotopic (exact) mass is 548 g/mol. The molecule has 0 aromatic heterocycles. The van der Waals surface area contributed by atoms with Gasteiger partial charge in [-0.25, -0.2) is 17.6 Å². The van der Waals surface area contributed by atoms with Crippen molar-refractivity contribution in [1.82, 2.24) is 0 Å². The smallest absolute Gasteiger partial charge is 0.167 e. The van der Waals surface area contributed by atoms with E-state index >= 15 is 0 Å². The summed E-state index contributed by atoms with van der Waals surface area (Å²) in [6, 6.07) is 18.2. The average molecular weight is 549 g/mol. The molecule has 0 unspecified atom stereocenters. The number of benzene rings is 4. The molecule has 0 heterocycles. The fourth-order valence-corrected chi connectivity index (χ4v) is 5.66. The van der Waals surface area contributed by atoms with Gasteiger partial charge in [0.1, 0.15) is 34.8 Å². The summed E-state index contributed by atoms with van der Waals surface area (Å²) in [7, 11) is 2.95. The Balaban J connectivity index is 1.68. The second-order valence-electron chi connectivity index (χ2n) is 9.69. The van der Waals surface area contributed by atoms with Crippen LogP contribution in [0.3, 0.4) is 0 Å². The van der Waals surface area contributed by atoms with Crippen LogP contribution in [0.5, 0.6) is 11.5 Å². The number of hydrogen-bond donors (Lipinski definition) is 0. The summed E-state index contributed by atoms with van der Waals surface area (Å²) in [6.07, 6.45) is 0. The van der Waals surface area contributed by atoms with Gasteiger partial charge in [0.15, 0.2) is 11.6 Å². The molecule has 0 spiro atoms. The second kappa shape index (κ2) is 11.0. The average Bonchev–Trinajstić information content (AvgIpc) is 2.91. The molecule has 1 aliphatic rings. The van der Waals surface area contributed by atoms with Crippen LogP contribution in [0.4, 0.5) is 17.6 Å². The molecule has 0 bridgehead atoms. The lowest BCUT2D eigenvalue weighted by Crippen LogP contribution is -2.51. The molecule has 0 N–H and O–H groups in total. The molecule has 204 valence electrons. The Bertz CT molecular complexity index is 1410. The number of carbonyl (C=O) groups is 2. The molecule has 40 heavy (non-hydrogen) atoms. The van der Waals surface area contributed by atoms with Crippen LogP contribution in [0.25, 0.3) is 0 Å². The van der Waals surface area contributed by atoms with E-state index in [0.717, 1.165) is 24.3 Å². The van der Waals surface area contributed by atoms with Gasteiger partial charge in [0, 0.05) is 46.9 Å². The largest absolute Gasteiger partial charge is 0.497 e. The van der Waals surface area contributed by atoms with Gasteiger partial charge in [-0.1, -0.05) is 0 Å². The van der Waals surface area contributed by atoms with Crippen molar-refractivity contribution in [3.8, 4) is 11.5 Å². The maximum atomic E-state index is 14.4. The van der Waals surface area contributed by atoms with Crippen LogP contribution in [0, 0.1) is 35.1 Å². The number of ether oxygens (including phenoxy) is 2. The highest BCUT2D eigenvalue weighted by Crippen LogP contribution is 2.60. The molecular weight excluding hydrogens is 524 g/mol. The zero-order valence-corrected chi connectivity index (χ0v) is 21.5. The Morgan fingerprint density at radius 2 is 0.825 bits per heavy atom. The summed E-state index contributed by atoms with van der Waals surface area (Å²) in [5.74, 6) is -7.45. The first-order chi connectivity index (χ1) is 19.2. The first-order valence-corrected chi connectivity index (χ1v) is 12.5. The predicted octanol–water partition coefficient (Wildman–Crippen LogP) is 7.14. The maximum Gasteiger partial charge on any atom is 0.167 e. The first kappa shape index (κ1) is 27.1. The number of rotatable bonds is 8. The lowest BCUT2D eigenvalue weighted by Gasteiger charge is -2.51. The van der Waals surface area contributed by atoms with E-state index in [1.54, 1.807) is 24.3 Å². The molecule has 4 atom stereocenters. The van der Waals surface area contributed by atoms with Crippen LogP contribution in [-0.2, 0) is 0 Å². The van der Waals surface area contributed by atoms with Crippen molar-refractivity contribution in [3.63, 3.8) is 0 Å². The number of ketones is 2. The Hall–Kier alpha value is -4.46. The molecule has 0 saturated heterocycles. The summed E-state index contributed by atoms with van der Waals surface area (Å²) >= 11 is 0. The van der Waals surface area contributed by atoms with Crippen LogP contribution in [0.1, 0.15) is 43.7 Å².